The molecule has 15 heavy (non-hydrogen) atoms. The average Bonchev–Trinajstić information content (AvgIpc) is 2.16. The molecule has 0 saturated carbocycles. The van der Waals surface area contributed by atoms with Gasteiger partial charge in [-0.3, -0.25) is 4.90 Å². The van der Waals surface area contributed by atoms with Crippen LogP contribution in [0.25, 0.3) is 0 Å². The van der Waals surface area contributed by atoms with Crippen molar-refractivity contribution in [3.8, 4) is 0 Å². The van der Waals surface area contributed by atoms with Crippen molar-refractivity contribution >= 4 is 23.4 Å². The third-order valence-corrected chi connectivity index (χ3v) is 1.96. The number of anilines is 2. The second kappa shape index (κ2) is 3.87. The lowest BCUT2D eigenvalue weighted by atomic mass is 10.1. The van der Waals surface area contributed by atoms with Gasteiger partial charge in [-0.15, -0.1) is 0 Å². The van der Waals surface area contributed by atoms with E-state index in [1.54, 1.807) is 0 Å². The quantitative estimate of drug-likeness (QED) is 0.615. The lowest BCUT2D eigenvalue weighted by Gasteiger charge is -2.18. The van der Waals surface area contributed by atoms with Gasteiger partial charge in [-0.05, 0) is 12.1 Å². The summed E-state index contributed by atoms with van der Waals surface area (Å²) in [5, 5.41) is 8.89. The smallest absolute Gasteiger partial charge is 0.337 e. The summed E-state index contributed by atoms with van der Waals surface area (Å²) in [5.41, 5.74) is 10.9. The van der Waals surface area contributed by atoms with Crippen LogP contribution in [-0.2, 0) is 0 Å². The number of carbonyl (C=O) groups is 2. The van der Waals surface area contributed by atoms with Crippen LogP contribution in [0, 0.1) is 0 Å². The topological polar surface area (TPSA) is 110 Å². The highest BCUT2D eigenvalue weighted by Gasteiger charge is 2.18. The number of benzene rings is 1. The molecule has 5 N–H and O–H groups in total. The summed E-state index contributed by atoms with van der Waals surface area (Å²) in [6.45, 7) is 0. The van der Waals surface area contributed by atoms with Gasteiger partial charge in [0.05, 0.1) is 16.9 Å². The number of rotatable bonds is 2. The first-order valence-electron chi connectivity index (χ1n) is 4.10. The SMILES string of the molecule is CN(C(N)=O)c1c(N)cccc1C(=O)O. The number of amides is 2. The first-order chi connectivity index (χ1) is 6.95. The zero-order chi connectivity index (χ0) is 11.6. The van der Waals surface area contributed by atoms with Crippen molar-refractivity contribution in [2.24, 2.45) is 5.73 Å². The van der Waals surface area contributed by atoms with Crippen LogP contribution < -0.4 is 16.4 Å². The van der Waals surface area contributed by atoms with E-state index in [1.807, 2.05) is 0 Å². The highest BCUT2D eigenvalue weighted by molar-refractivity contribution is 6.04. The maximum atomic E-state index is 10.9. The number of nitrogens with two attached hydrogens (primary N) is 2. The largest absolute Gasteiger partial charge is 0.478 e. The van der Waals surface area contributed by atoms with Crippen LogP contribution in [0.1, 0.15) is 10.4 Å². The number of para-hydroxylation sites is 1. The van der Waals surface area contributed by atoms with Gasteiger partial charge < -0.3 is 16.6 Å². The number of nitrogen functional groups attached to an aromatic ring is 1. The third kappa shape index (κ3) is 1.98. The van der Waals surface area contributed by atoms with Crippen molar-refractivity contribution in [2.75, 3.05) is 17.7 Å². The second-order valence-corrected chi connectivity index (χ2v) is 2.95. The van der Waals surface area contributed by atoms with E-state index in [4.69, 9.17) is 16.6 Å². The minimum Gasteiger partial charge on any atom is -0.478 e. The summed E-state index contributed by atoms with van der Waals surface area (Å²) < 4.78 is 0. The zero-order valence-corrected chi connectivity index (χ0v) is 8.10. The number of carboxylic acid groups (broad SMARTS) is 1. The lowest BCUT2D eigenvalue weighted by molar-refractivity contribution is 0.0698. The number of nitrogens with zero attached hydrogens (tertiary/aromatic N) is 1. The molecule has 80 valence electrons. The molecule has 6 nitrogen and oxygen atoms in total. The van der Waals surface area contributed by atoms with E-state index in [9.17, 15) is 9.59 Å². The Morgan fingerprint density at radius 3 is 2.47 bits per heavy atom. The van der Waals surface area contributed by atoms with Gasteiger partial charge in [0.2, 0.25) is 0 Å². The molecule has 0 aliphatic rings. The van der Waals surface area contributed by atoms with E-state index in [0.29, 0.717) is 0 Å². The van der Waals surface area contributed by atoms with Crippen LogP contribution in [0.15, 0.2) is 18.2 Å². The minimum absolute atomic E-state index is 0.0590. The Morgan fingerprint density at radius 1 is 1.40 bits per heavy atom. The maximum Gasteiger partial charge on any atom is 0.337 e. The normalized spacial score (nSPS) is 9.67. The number of urea groups is 1. The van der Waals surface area contributed by atoms with E-state index >= 15 is 0 Å². The standard InChI is InChI=1S/C9H11N3O3/c1-12(9(11)15)7-5(8(13)14)3-2-4-6(7)10/h2-4H,10H2,1H3,(H2,11,15)(H,13,14). The van der Waals surface area contributed by atoms with Crippen LogP contribution in [0.3, 0.4) is 0 Å². The van der Waals surface area contributed by atoms with Crippen LogP contribution in [-0.4, -0.2) is 24.2 Å². The molecule has 0 unspecified atom stereocenters. The number of carboxylic acids is 1. The van der Waals surface area contributed by atoms with E-state index in [-0.39, 0.29) is 16.9 Å². The molecule has 1 aromatic carbocycles. The summed E-state index contributed by atoms with van der Waals surface area (Å²) in [6.07, 6.45) is 0. The van der Waals surface area contributed by atoms with Gasteiger partial charge in [0.25, 0.3) is 0 Å². The highest BCUT2D eigenvalue weighted by atomic mass is 16.4. The molecule has 0 heterocycles. The molecule has 0 saturated heterocycles. The number of hydrogen-bond donors (Lipinski definition) is 3. The predicted molar refractivity (Wildman–Crippen MR) is 55.8 cm³/mol. The van der Waals surface area contributed by atoms with E-state index < -0.39 is 12.0 Å². The predicted octanol–water partition coefficient (Wildman–Crippen LogP) is 0.482. The molecule has 0 aliphatic heterocycles. The Labute approximate surface area is 86.1 Å². The Kier molecular flexibility index (Phi) is 2.80. The summed E-state index contributed by atoms with van der Waals surface area (Å²) in [7, 11) is 1.36. The van der Waals surface area contributed by atoms with E-state index in [1.165, 1.54) is 25.2 Å². The van der Waals surface area contributed by atoms with Gasteiger partial charge in [0.1, 0.15) is 0 Å². The number of hydrogen-bond acceptors (Lipinski definition) is 3. The van der Waals surface area contributed by atoms with Crippen molar-refractivity contribution in [3.05, 3.63) is 23.8 Å². The molecule has 0 aliphatic carbocycles. The zero-order valence-electron chi connectivity index (χ0n) is 8.10. The van der Waals surface area contributed by atoms with Crippen LogP contribution in [0.4, 0.5) is 16.2 Å². The molecule has 1 rings (SSSR count). The Balaban J connectivity index is 3.37. The Bertz CT molecular complexity index is 417. The first-order valence-corrected chi connectivity index (χ1v) is 4.10. The molecule has 0 spiro atoms. The minimum atomic E-state index is -1.16. The van der Waals surface area contributed by atoms with Gasteiger partial charge in [0.15, 0.2) is 0 Å². The number of carbonyl (C=O) groups excluding carboxylic acids is 1. The van der Waals surface area contributed by atoms with Gasteiger partial charge in [-0.25, -0.2) is 9.59 Å². The molecule has 0 bridgehead atoms. The molecular weight excluding hydrogens is 198 g/mol. The molecule has 0 aromatic heterocycles. The molecular formula is C9H11N3O3. The summed E-state index contributed by atoms with van der Waals surface area (Å²) in [4.78, 5) is 22.8. The summed E-state index contributed by atoms with van der Waals surface area (Å²) in [5.74, 6) is -1.16. The van der Waals surface area contributed by atoms with Gasteiger partial charge >= 0.3 is 12.0 Å². The number of primary amides is 1. The third-order valence-electron chi connectivity index (χ3n) is 1.96. The monoisotopic (exact) mass is 209 g/mol. The first kappa shape index (κ1) is 10.8. The molecule has 6 heteroatoms. The highest BCUT2D eigenvalue weighted by Crippen LogP contribution is 2.26. The van der Waals surface area contributed by atoms with Crippen molar-refractivity contribution < 1.29 is 14.7 Å². The lowest BCUT2D eigenvalue weighted by Crippen LogP contribution is -2.33. The van der Waals surface area contributed by atoms with Gasteiger partial charge in [0, 0.05) is 7.05 Å². The maximum absolute atomic E-state index is 10.9. The van der Waals surface area contributed by atoms with Crippen molar-refractivity contribution in [1.82, 2.24) is 0 Å². The summed E-state index contributed by atoms with van der Waals surface area (Å²) >= 11 is 0. The van der Waals surface area contributed by atoms with Crippen molar-refractivity contribution in [3.63, 3.8) is 0 Å². The molecule has 0 fully saturated rings. The molecule has 0 radical (unpaired) electrons. The fourth-order valence-corrected chi connectivity index (χ4v) is 1.22. The van der Waals surface area contributed by atoms with E-state index in [0.717, 1.165) is 4.90 Å². The Morgan fingerprint density at radius 2 is 2.00 bits per heavy atom. The van der Waals surface area contributed by atoms with Crippen molar-refractivity contribution in [2.45, 2.75) is 0 Å². The second-order valence-electron chi connectivity index (χ2n) is 2.95. The summed E-state index contributed by atoms with van der Waals surface area (Å²) in [6, 6.07) is 3.58. The van der Waals surface area contributed by atoms with Crippen LogP contribution in [0.2, 0.25) is 0 Å². The van der Waals surface area contributed by atoms with Crippen molar-refractivity contribution in [1.29, 1.82) is 0 Å². The van der Waals surface area contributed by atoms with Crippen LogP contribution in [0.5, 0.6) is 0 Å². The Hall–Kier alpha value is -2.24. The van der Waals surface area contributed by atoms with E-state index in [2.05, 4.69) is 0 Å². The van der Waals surface area contributed by atoms with Gasteiger partial charge in [-0.1, -0.05) is 6.07 Å². The van der Waals surface area contributed by atoms with Crippen LogP contribution >= 0.6 is 0 Å². The fraction of sp³-hybridized carbons (Fsp3) is 0.111. The van der Waals surface area contributed by atoms with Gasteiger partial charge in [-0.2, -0.15) is 0 Å². The average molecular weight is 209 g/mol. The molecule has 2 amide bonds. The number of aromatic carboxylic acids is 1. The molecule has 0 atom stereocenters. The fourth-order valence-electron chi connectivity index (χ4n) is 1.22. The molecule has 1 aromatic rings.